The van der Waals surface area contributed by atoms with Gasteiger partial charge in [0.25, 0.3) is 5.91 Å². The molecule has 8 heteroatoms. The molecule has 0 bridgehead atoms. The summed E-state index contributed by atoms with van der Waals surface area (Å²) in [5, 5.41) is 0.619. The fourth-order valence-corrected chi connectivity index (χ4v) is 5.43. The third kappa shape index (κ3) is 5.06. The van der Waals surface area contributed by atoms with Gasteiger partial charge in [-0.15, -0.1) is 0 Å². The molecule has 0 N–H and O–H groups in total. The van der Waals surface area contributed by atoms with Crippen LogP contribution >= 0.6 is 0 Å². The van der Waals surface area contributed by atoms with Crippen LogP contribution < -0.4 is 10.4 Å². The van der Waals surface area contributed by atoms with Gasteiger partial charge in [-0.1, -0.05) is 30.3 Å². The van der Waals surface area contributed by atoms with Crippen LogP contribution in [0.5, 0.6) is 5.75 Å². The van der Waals surface area contributed by atoms with Crippen LogP contribution in [-0.2, 0) is 6.54 Å². The molecule has 1 atom stereocenters. The minimum Gasteiger partial charge on any atom is -0.494 e. The zero-order chi connectivity index (χ0) is 26.8. The number of hydrogen-bond donors (Lipinski definition) is 0. The number of fused-ring (bicyclic) bond motifs is 3. The number of halogens is 1. The maximum atomic E-state index is 14.1. The number of benzene rings is 3. The molecule has 198 valence electrons. The maximum absolute atomic E-state index is 14.1. The van der Waals surface area contributed by atoms with Crippen molar-refractivity contribution in [1.29, 1.82) is 0 Å². The van der Waals surface area contributed by atoms with Gasteiger partial charge in [-0.05, 0) is 62.4 Å². The van der Waals surface area contributed by atoms with E-state index in [0.717, 1.165) is 44.2 Å². The van der Waals surface area contributed by atoms with Crippen molar-refractivity contribution in [3.05, 3.63) is 88.6 Å². The first-order chi connectivity index (χ1) is 19.1. The molecule has 6 rings (SSSR count). The highest BCUT2D eigenvalue weighted by Gasteiger charge is 2.31. The quantitative estimate of drug-likeness (QED) is 0.274. The Bertz CT molecular complexity index is 1620. The zero-order valence-corrected chi connectivity index (χ0v) is 21.6. The summed E-state index contributed by atoms with van der Waals surface area (Å²) in [5.74, 6) is 0.357. The van der Waals surface area contributed by atoms with Crippen LogP contribution in [0, 0.1) is 5.82 Å². The molecular formula is C31H29FN4O3. The number of ether oxygens (including phenoxy) is 1. The third-order valence-corrected chi connectivity index (χ3v) is 7.43. The predicted octanol–water partition coefficient (Wildman–Crippen LogP) is 5.77. The Kier molecular flexibility index (Phi) is 6.92. The molecule has 2 aliphatic rings. The van der Waals surface area contributed by atoms with E-state index in [4.69, 9.17) is 4.74 Å². The number of carbonyl (C=O) groups excluding carboxylic acids is 1. The van der Waals surface area contributed by atoms with E-state index < -0.39 is 0 Å². The van der Waals surface area contributed by atoms with E-state index in [9.17, 15) is 14.0 Å². The summed E-state index contributed by atoms with van der Waals surface area (Å²) in [6.45, 7) is 1.77. The average molecular weight is 525 g/mol. The molecule has 3 aromatic carbocycles. The van der Waals surface area contributed by atoms with Gasteiger partial charge in [0.1, 0.15) is 11.6 Å². The van der Waals surface area contributed by atoms with Crippen molar-refractivity contribution in [1.82, 2.24) is 14.5 Å². The van der Waals surface area contributed by atoms with Gasteiger partial charge in [-0.25, -0.2) is 9.18 Å². The number of unbranched alkanes of at least 4 members (excludes halogenated alkanes) is 2. The van der Waals surface area contributed by atoms with Crippen molar-refractivity contribution in [3.8, 4) is 17.0 Å². The Morgan fingerprint density at radius 2 is 1.85 bits per heavy atom. The van der Waals surface area contributed by atoms with Crippen molar-refractivity contribution >= 4 is 28.7 Å². The predicted molar refractivity (Wildman–Crippen MR) is 149 cm³/mol. The summed E-state index contributed by atoms with van der Waals surface area (Å²) in [7, 11) is 0. The van der Waals surface area contributed by atoms with Gasteiger partial charge in [0.15, 0.2) is 0 Å². The number of carbonyl (C=O) groups is 1. The SMILES string of the molecule is O=C1c2ccc(OCCCCCn3c(=O)nc(-c4ccccc4)c4cc(F)ccc43)cc2N=CC2CCCN12. The Morgan fingerprint density at radius 1 is 0.974 bits per heavy atom. The number of amides is 1. The molecule has 0 radical (unpaired) electrons. The topological polar surface area (TPSA) is 76.8 Å². The van der Waals surface area contributed by atoms with E-state index in [1.54, 1.807) is 16.7 Å². The number of hydrogen-bond acceptors (Lipinski definition) is 5. The molecule has 39 heavy (non-hydrogen) atoms. The summed E-state index contributed by atoms with van der Waals surface area (Å²) in [6, 6.07) is 19.4. The number of aryl methyl sites for hydroxylation is 1. The molecule has 0 spiro atoms. The molecule has 1 amide bonds. The molecule has 0 aliphatic carbocycles. The second kappa shape index (κ2) is 10.8. The number of aliphatic imine (C=N–C) groups is 1. The lowest BCUT2D eigenvalue weighted by atomic mass is 10.1. The lowest BCUT2D eigenvalue weighted by Gasteiger charge is -2.19. The highest BCUT2D eigenvalue weighted by atomic mass is 19.1. The van der Waals surface area contributed by atoms with Gasteiger partial charge in [-0.2, -0.15) is 4.98 Å². The van der Waals surface area contributed by atoms with Crippen molar-refractivity contribution < 1.29 is 13.9 Å². The summed E-state index contributed by atoms with van der Waals surface area (Å²) < 4.78 is 21.7. The van der Waals surface area contributed by atoms with E-state index >= 15 is 0 Å². The Balaban J connectivity index is 1.08. The van der Waals surface area contributed by atoms with Crippen molar-refractivity contribution in [2.75, 3.05) is 13.2 Å². The zero-order valence-electron chi connectivity index (χ0n) is 21.6. The Hall–Kier alpha value is -4.33. The van der Waals surface area contributed by atoms with Crippen molar-refractivity contribution in [2.24, 2.45) is 4.99 Å². The lowest BCUT2D eigenvalue weighted by molar-refractivity contribution is 0.0775. The van der Waals surface area contributed by atoms with Gasteiger partial charge in [0.05, 0.1) is 35.1 Å². The van der Waals surface area contributed by atoms with Crippen LogP contribution in [0.2, 0.25) is 0 Å². The second-order valence-corrected chi connectivity index (χ2v) is 10.00. The summed E-state index contributed by atoms with van der Waals surface area (Å²) in [4.78, 5) is 36.6. The Labute approximate surface area is 225 Å². The molecule has 2 aliphatic heterocycles. The van der Waals surface area contributed by atoms with Gasteiger partial charge in [0, 0.05) is 36.3 Å². The molecule has 0 saturated carbocycles. The van der Waals surface area contributed by atoms with Crippen LogP contribution in [-0.4, -0.2) is 45.8 Å². The van der Waals surface area contributed by atoms with Crippen LogP contribution in [0.3, 0.4) is 0 Å². The first-order valence-corrected chi connectivity index (χ1v) is 13.5. The normalized spacial score (nSPS) is 16.3. The summed E-state index contributed by atoms with van der Waals surface area (Å²) >= 11 is 0. The minimum absolute atomic E-state index is 0.0355. The fraction of sp³-hybridized carbons (Fsp3) is 0.290. The van der Waals surface area contributed by atoms with E-state index in [0.29, 0.717) is 46.7 Å². The largest absolute Gasteiger partial charge is 0.494 e. The smallest absolute Gasteiger partial charge is 0.348 e. The molecule has 1 fully saturated rings. The van der Waals surface area contributed by atoms with E-state index in [1.165, 1.54) is 12.1 Å². The molecular weight excluding hydrogens is 495 g/mol. The number of aromatic nitrogens is 2. The second-order valence-electron chi connectivity index (χ2n) is 10.00. The van der Waals surface area contributed by atoms with Gasteiger partial charge in [-0.3, -0.25) is 14.4 Å². The highest BCUT2D eigenvalue weighted by Crippen LogP contribution is 2.32. The minimum atomic E-state index is -0.364. The molecule has 1 unspecified atom stereocenters. The molecule has 3 heterocycles. The van der Waals surface area contributed by atoms with Crippen LogP contribution in [0.1, 0.15) is 42.5 Å². The third-order valence-electron chi connectivity index (χ3n) is 7.43. The van der Waals surface area contributed by atoms with Crippen molar-refractivity contribution in [2.45, 2.75) is 44.7 Å². The first kappa shape index (κ1) is 25.0. The van der Waals surface area contributed by atoms with E-state index in [2.05, 4.69) is 9.98 Å². The fourth-order valence-electron chi connectivity index (χ4n) is 5.43. The van der Waals surface area contributed by atoms with Gasteiger partial charge >= 0.3 is 5.69 Å². The molecule has 1 saturated heterocycles. The van der Waals surface area contributed by atoms with E-state index in [-0.39, 0.29) is 23.5 Å². The van der Waals surface area contributed by atoms with Crippen molar-refractivity contribution in [3.63, 3.8) is 0 Å². The number of rotatable bonds is 8. The lowest BCUT2D eigenvalue weighted by Crippen LogP contribution is -2.35. The van der Waals surface area contributed by atoms with Crippen LogP contribution in [0.4, 0.5) is 10.1 Å². The van der Waals surface area contributed by atoms with Gasteiger partial charge < -0.3 is 9.64 Å². The average Bonchev–Trinajstić information content (AvgIpc) is 3.38. The highest BCUT2D eigenvalue weighted by molar-refractivity contribution is 6.03. The van der Waals surface area contributed by atoms with Crippen LogP contribution in [0.25, 0.3) is 22.2 Å². The summed E-state index contributed by atoms with van der Waals surface area (Å²) in [5.41, 5.74) is 2.87. The Morgan fingerprint density at radius 3 is 2.72 bits per heavy atom. The molecule has 7 nitrogen and oxygen atoms in total. The van der Waals surface area contributed by atoms with Gasteiger partial charge in [0.2, 0.25) is 0 Å². The first-order valence-electron chi connectivity index (χ1n) is 13.5. The number of nitrogens with zero attached hydrogens (tertiary/aromatic N) is 4. The van der Waals surface area contributed by atoms with Crippen LogP contribution in [0.15, 0.2) is 76.5 Å². The van der Waals surface area contributed by atoms with E-state index in [1.807, 2.05) is 53.6 Å². The summed E-state index contributed by atoms with van der Waals surface area (Å²) in [6.07, 6.45) is 6.24. The maximum Gasteiger partial charge on any atom is 0.348 e. The monoisotopic (exact) mass is 524 g/mol. The molecule has 4 aromatic rings. The molecule has 1 aromatic heterocycles. The standard InChI is InChI=1S/C31H29FN4O3/c32-22-11-14-28-26(18-22)29(21-8-3-1-4-9-21)34-31(38)36(28)15-5-2-6-17-39-24-12-13-25-27(19-24)33-20-23-10-7-16-35(23)30(25)37/h1,3-4,8-9,11-14,18-20,23H,2,5-7,10,15-17H2.